The molecule has 0 heterocycles. The van der Waals surface area contributed by atoms with Crippen LogP contribution >= 0.6 is 11.6 Å². The van der Waals surface area contributed by atoms with E-state index in [1.807, 2.05) is 13.8 Å². The summed E-state index contributed by atoms with van der Waals surface area (Å²) in [5.41, 5.74) is 0. The maximum Gasteiger partial charge on any atom is 0.282 e. The maximum atomic E-state index is 5.41. The van der Waals surface area contributed by atoms with E-state index in [-0.39, 0.29) is 5.36 Å². The minimum atomic E-state index is 0.259. The van der Waals surface area contributed by atoms with Crippen molar-refractivity contribution in [1.29, 1.82) is 0 Å². The Labute approximate surface area is 54.5 Å². The Morgan fingerprint density at radius 2 is 2.25 bits per heavy atom. The molecule has 0 aromatic carbocycles. The average molecular weight is 136 g/mol. The topological polar surface area (TPSA) is 21.6 Å². The van der Waals surface area contributed by atoms with Gasteiger partial charge in [-0.1, -0.05) is 0 Å². The average Bonchev–Trinajstić information content (AvgIpc) is 1.68. The van der Waals surface area contributed by atoms with Crippen LogP contribution in [0.2, 0.25) is 0 Å². The van der Waals surface area contributed by atoms with E-state index in [0.717, 1.165) is 0 Å². The zero-order valence-electron chi connectivity index (χ0n) is 5.15. The van der Waals surface area contributed by atoms with Crippen LogP contribution in [0.5, 0.6) is 0 Å². The fraction of sp³-hybridized carbons (Fsp3) is 0.800. The van der Waals surface area contributed by atoms with E-state index >= 15 is 0 Å². The molecule has 0 unspecified atom stereocenters. The Morgan fingerprint density at radius 1 is 1.62 bits per heavy atom. The summed E-state index contributed by atoms with van der Waals surface area (Å²) >= 11 is 5.41. The van der Waals surface area contributed by atoms with Crippen molar-refractivity contribution in [3.8, 4) is 0 Å². The molecular weight excluding hydrogens is 126 g/mol. The van der Waals surface area contributed by atoms with Crippen LogP contribution in [-0.2, 0) is 4.74 Å². The van der Waals surface area contributed by atoms with Gasteiger partial charge in [0, 0.05) is 6.54 Å². The van der Waals surface area contributed by atoms with E-state index in [1.54, 1.807) is 0 Å². The monoisotopic (exact) mass is 135 g/mol. The third-order valence-electron chi connectivity index (χ3n) is 0.546. The molecule has 0 spiro atoms. The lowest BCUT2D eigenvalue weighted by molar-refractivity contribution is 0.335. The molecule has 0 aromatic heterocycles. The summed E-state index contributed by atoms with van der Waals surface area (Å²) < 4.78 is 4.80. The Bertz CT molecular complexity index is 82.5. The molecule has 0 saturated heterocycles. The Kier molecular flexibility index (Phi) is 4.76. The van der Waals surface area contributed by atoms with Crippen molar-refractivity contribution in [3.05, 3.63) is 0 Å². The van der Waals surface area contributed by atoms with Crippen molar-refractivity contribution in [2.75, 3.05) is 13.2 Å². The van der Waals surface area contributed by atoms with Gasteiger partial charge in [0.1, 0.15) is 0 Å². The van der Waals surface area contributed by atoms with Gasteiger partial charge in [0.05, 0.1) is 6.61 Å². The van der Waals surface area contributed by atoms with E-state index in [4.69, 9.17) is 16.3 Å². The first kappa shape index (κ1) is 7.76. The second-order valence-corrected chi connectivity index (χ2v) is 1.48. The molecule has 8 heavy (non-hydrogen) atoms. The molecule has 0 atom stereocenters. The van der Waals surface area contributed by atoms with Crippen molar-refractivity contribution >= 4 is 17.0 Å². The molecule has 0 aliphatic carbocycles. The molecule has 48 valence electrons. The first-order valence-corrected chi connectivity index (χ1v) is 3.01. The molecule has 0 radical (unpaired) electrons. The summed E-state index contributed by atoms with van der Waals surface area (Å²) in [6.07, 6.45) is 0. The number of nitrogens with zero attached hydrogens (tertiary/aromatic N) is 1. The van der Waals surface area contributed by atoms with Crippen LogP contribution in [0.15, 0.2) is 4.99 Å². The van der Waals surface area contributed by atoms with Crippen molar-refractivity contribution < 1.29 is 4.74 Å². The van der Waals surface area contributed by atoms with Gasteiger partial charge in [-0.05, 0) is 25.4 Å². The summed E-state index contributed by atoms with van der Waals surface area (Å²) in [4.78, 5) is 3.77. The van der Waals surface area contributed by atoms with E-state index < -0.39 is 0 Å². The zero-order chi connectivity index (χ0) is 6.41. The standard InChI is InChI=1S/C5H10ClNO/c1-3-7-5(6)8-4-2/h3-4H2,1-2H3/b7-5-. The highest BCUT2D eigenvalue weighted by Gasteiger charge is 1.86. The molecule has 0 aromatic rings. The van der Waals surface area contributed by atoms with Crippen molar-refractivity contribution in [2.24, 2.45) is 4.99 Å². The normalized spacial score (nSPS) is 11.6. The summed E-state index contributed by atoms with van der Waals surface area (Å²) in [5.74, 6) is 0. The first-order chi connectivity index (χ1) is 3.81. The van der Waals surface area contributed by atoms with Gasteiger partial charge < -0.3 is 4.74 Å². The van der Waals surface area contributed by atoms with E-state index in [1.165, 1.54) is 0 Å². The quantitative estimate of drug-likeness (QED) is 0.417. The third-order valence-corrected chi connectivity index (χ3v) is 0.774. The van der Waals surface area contributed by atoms with Crippen molar-refractivity contribution in [1.82, 2.24) is 0 Å². The highest BCUT2D eigenvalue weighted by Crippen LogP contribution is 1.87. The molecule has 0 saturated carbocycles. The van der Waals surface area contributed by atoms with Gasteiger partial charge in [-0.3, -0.25) is 0 Å². The number of ether oxygens (including phenoxy) is 1. The van der Waals surface area contributed by atoms with Crippen LogP contribution in [-0.4, -0.2) is 18.5 Å². The van der Waals surface area contributed by atoms with Gasteiger partial charge in [-0.15, -0.1) is 0 Å². The molecular formula is C5H10ClNO. The van der Waals surface area contributed by atoms with E-state index in [0.29, 0.717) is 13.2 Å². The van der Waals surface area contributed by atoms with Gasteiger partial charge in [0.15, 0.2) is 0 Å². The lowest BCUT2D eigenvalue weighted by Gasteiger charge is -1.95. The van der Waals surface area contributed by atoms with Gasteiger partial charge >= 0.3 is 0 Å². The predicted molar refractivity (Wildman–Crippen MR) is 35.5 cm³/mol. The molecule has 0 fully saturated rings. The van der Waals surface area contributed by atoms with Crippen LogP contribution in [0.25, 0.3) is 0 Å². The molecule has 3 heteroatoms. The predicted octanol–water partition coefficient (Wildman–Crippen LogP) is 1.64. The molecule has 0 aliphatic rings. The summed E-state index contributed by atoms with van der Waals surface area (Å²) in [6, 6.07) is 0. The summed E-state index contributed by atoms with van der Waals surface area (Å²) in [7, 11) is 0. The highest BCUT2D eigenvalue weighted by atomic mass is 35.5. The van der Waals surface area contributed by atoms with Crippen LogP contribution in [0, 0.1) is 0 Å². The number of halogens is 1. The lowest BCUT2D eigenvalue weighted by Crippen LogP contribution is -1.95. The molecule has 0 N–H and O–H groups in total. The molecule has 2 nitrogen and oxygen atoms in total. The zero-order valence-corrected chi connectivity index (χ0v) is 5.90. The van der Waals surface area contributed by atoms with Gasteiger partial charge in [0.2, 0.25) is 0 Å². The third kappa shape index (κ3) is 3.93. The summed E-state index contributed by atoms with van der Waals surface area (Å²) in [6.45, 7) is 5.04. The second kappa shape index (κ2) is 4.91. The van der Waals surface area contributed by atoms with Gasteiger partial charge in [-0.25, -0.2) is 4.99 Å². The Hall–Kier alpha value is -0.240. The van der Waals surface area contributed by atoms with Crippen LogP contribution in [0.4, 0.5) is 0 Å². The van der Waals surface area contributed by atoms with Crippen molar-refractivity contribution in [3.63, 3.8) is 0 Å². The number of rotatable bonds is 2. The smallest absolute Gasteiger partial charge is 0.282 e. The number of hydrogen-bond acceptors (Lipinski definition) is 2. The molecule has 0 bridgehead atoms. The van der Waals surface area contributed by atoms with E-state index in [9.17, 15) is 0 Å². The molecule has 0 rings (SSSR count). The second-order valence-electron chi connectivity index (χ2n) is 1.16. The van der Waals surface area contributed by atoms with Gasteiger partial charge in [0.25, 0.3) is 5.36 Å². The highest BCUT2D eigenvalue weighted by molar-refractivity contribution is 6.62. The fourth-order valence-corrected chi connectivity index (χ4v) is 0.518. The first-order valence-electron chi connectivity index (χ1n) is 2.64. The summed E-state index contributed by atoms with van der Waals surface area (Å²) in [5, 5.41) is 0.259. The SMILES string of the molecule is CC/N=C(/Cl)OCC. The molecule has 0 aliphatic heterocycles. The Morgan fingerprint density at radius 3 is 2.62 bits per heavy atom. The minimum Gasteiger partial charge on any atom is -0.470 e. The maximum absolute atomic E-state index is 5.41. The lowest BCUT2D eigenvalue weighted by atomic mass is 10.8. The van der Waals surface area contributed by atoms with Crippen LogP contribution in [0.3, 0.4) is 0 Å². The molecule has 0 amide bonds. The van der Waals surface area contributed by atoms with Crippen LogP contribution in [0.1, 0.15) is 13.8 Å². The van der Waals surface area contributed by atoms with Crippen LogP contribution < -0.4 is 0 Å². The minimum absolute atomic E-state index is 0.259. The fourth-order valence-electron chi connectivity index (χ4n) is 0.289. The van der Waals surface area contributed by atoms with Gasteiger partial charge in [-0.2, -0.15) is 0 Å². The van der Waals surface area contributed by atoms with Crippen molar-refractivity contribution in [2.45, 2.75) is 13.8 Å². The largest absolute Gasteiger partial charge is 0.470 e. The number of aliphatic imine (C=N–C) groups is 1. The Balaban J connectivity index is 3.29. The number of hydrogen-bond donors (Lipinski definition) is 0. The van der Waals surface area contributed by atoms with E-state index in [2.05, 4.69) is 4.99 Å².